The van der Waals surface area contributed by atoms with Crippen molar-refractivity contribution in [3.8, 4) is 0 Å². The molecule has 1 aliphatic rings. The van der Waals surface area contributed by atoms with E-state index in [2.05, 4.69) is 20.6 Å². The summed E-state index contributed by atoms with van der Waals surface area (Å²) in [7, 11) is 0. The van der Waals surface area contributed by atoms with Gasteiger partial charge in [-0.15, -0.1) is 0 Å². The van der Waals surface area contributed by atoms with Crippen LogP contribution in [0.15, 0.2) is 18.6 Å². The minimum absolute atomic E-state index is 0.0970. The molecule has 7 heteroatoms. The summed E-state index contributed by atoms with van der Waals surface area (Å²) in [6, 6.07) is -0.0970. The van der Waals surface area contributed by atoms with Crippen LogP contribution in [0.4, 0.5) is 0 Å². The third-order valence-electron chi connectivity index (χ3n) is 4.37. The molecule has 1 fully saturated rings. The third kappa shape index (κ3) is 3.44. The van der Waals surface area contributed by atoms with Gasteiger partial charge in [-0.25, -0.2) is 0 Å². The standard InChI is InChI=1S/C16H23N5O2/c1-3-21-10-13(8-18-21)11(2)19-16(22)14-9-17-20-15(14)12-4-6-23-7-5-12/h8-12H,3-7H2,1-2H3,(H,17,20)(H,19,22). The molecule has 0 radical (unpaired) electrons. The van der Waals surface area contributed by atoms with Crippen LogP contribution >= 0.6 is 0 Å². The van der Waals surface area contributed by atoms with E-state index in [-0.39, 0.29) is 11.9 Å². The molecule has 1 unspecified atom stereocenters. The van der Waals surface area contributed by atoms with E-state index >= 15 is 0 Å². The molecular weight excluding hydrogens is 294 g/mol. The maximum atomic E-state index is 12.6. The van der Waals surface area contributed by atoms with Crippen molar-refractivity contribution < 1.29 is 9.53 Å². The van der Waals surface area contributed by atoms with Crippen LogP contribution in [0.25, 0.3) is 0 Å². The van der Waals surface area contributed by atoms with E-state index in [1.807, 2.05) is 24.7 Å². The molecule has 0 aliphatic carbocycles. The van der Waals surface area contributed by atoms with Gasteiger partial charge in [-0.05, 0) is 26.7 Å². The molecule has 3 heterocycles. The van der Waals surface area contributed by atoms with Gasteiger partial charge < -0.3 is 10.1 Å². The Bertz CT molecular complexity index is 657. The number of aryl methyl sites for hydroxylation is 1. The topological polar surface area (TPSA) is 84.8 Å². The van der Waals surface area contributed by atoms with Gasteiger partial charge in [0.1, 0.15) is 0 Å². The van der Waals surface area contributed by atoms with Gasteiger partial charge in [0.25, 0.3) is 5.91 Å². The number of carbonyl (C=O) groups excluding carboxylic acids is 1. The molecule has 0 saturated carbocycles. The zero-order valence-electron chi connectivity index (χ0n) is 13.6. The molecule has 1 atom stereocenters. The molecule has 0 bridgehead atoms. The molecular formula is C16H23N5O2. The van der Waals surface area contributed by atoms with Gasteiger partial charge in [0.05, 0.1) is 29.7 Å². The number of hydrogen-bond acceptors (Lipinski definition) is 4. The molecule has 2 aromatic heterocycles. The first kappa shape index (κ1) is 15.7. The van der Waals surface area contributed by atoms with Crippen molar-refractivity contribution >= 4 is 5.91 Å². The number of carbonyl (C=O) groups is 1. The van der Waals surface area contributed by atoms with Crippen LogP contribution in [0, 0.1) is 0 Å². The lowest BCUT2D eigenvalue weighted by atomic mass is 9.93. The molecule has 3 rings (SSSR count). The van der Waals surface area contributed by atoms with Crippen molar-refractivity contribution in [2.75, 3.05) is 13.2 Å². The van der Waals surface area contributed by atoms with E-state index in [0.717, 1.165) is 43.9 Å². The number of aromatic amines is 1. The van der Waals surface area contributed by atoms with E-state index in [1.165, 1.54) is 0 Å². The number of rotatable bonds is 5. The van der Waals surface area contributed by atoms with Crippen LogP contribution in [-0.2, 0) is 11.3 Å². The van der Waals surface area contributed by atoms with Gasteiger partial charge >= 0.3 is 0 Å². The Morgan fingerprint density at radius 3 is 2.96 bits per heavy atom. The van der Waals surface area contributed by atoms with Gasteiger partial charge in [-0.2, -0.15) is 10.2 Å². The highest BCUT2D eigenvalue weighted by molar-refractivity contribution is 5.95. The lowest BCUT2D eigenvalue weighted by molar-refractivity contribution is 0.0832. The van der Waals surface area contributed by atoms with Crippen LogP contribution in [-0.4, -0.2) is 39.1 Å². The summed E-state index contributed by atoms with van der Waals surface area (Å²) in [5.41, 5.74) is 2.55. The summed E-state index contributed by atoms with van der Waals surface area (Å²) in [4.78, 5) is 12.6. The van der Waals surface area contributed by atoms with Gasteiger partial charge in [0.15, 0.2) is 0 Å². The highest BCUT2D eigenvalue weighted by Gasteiger charge is 2.24. The fourth-order valence-electron chi connectivity index (χ4n) is 2.91. The largest absolute Gasteiger partial charge is 0.381 e. The van der Waals surface area contributed by atoms with E-state index in [1.54, 1.807) is 12.4 Å². The zero-order chi connectivity index (χ0) is 16.2. The van der Waals surface area contributed by atoms with Gasteiger partial charge in [0.2, 0.25) is 0 Å². The molecule has 0 aromatic carbocycles. The summed E-state index contributed by atoms with van der Waals surface area (Å²) < 4.78 is 7.24. The Kier molecular flexibility index (Phi) is 4.76. The highest BCUT2D eigenvalue weighted by Crippen LogP contribution is 2.28. The Morgan fingerprint density at radius 1 is 1.48 bits per heavy atom. The SMILES string of the molecule is CCn1cc(C(C)NC(=O)c2cn[nH]c2C2CCOCC2)cn1. The molecule has 1 saturated heterocycles. The molecule has 7 nitrogen and oxygen atoms in total. The van der Waals surface area contributed by atoms with E-state index in [0.29, 0.717) is 11.5 Å². The minimum Gasteiger partial charge on any atom is -0.381 e. The average Bonchev–Trinajstić information content (AvgIpc) is 3.24. The van der Waals surface area contributed by atoms with E-state index in [9.17, 15) is 4.79 Å². The van der Waals surface area contributed by atoms with Crippen LogP contribution in [0.1, 0.15) is 60.3 Å². The fourth-order valence-corrected chi connectivity index (χ4v) is 2.91. The predicted octanol–water partition coefficient (Wildman–Crippen LogP) is 2.01. The van der Waals surface area contributed by atoms with Crippen molar-refractivity contribution in [2.24, 2.45) is 0 Å². The summed E-state index contributed by atoms with van der Waals surface area (Å²) in [5, 5.41) is 14.4. The molecule has 1 aliphatic heterocycles. The molecule has 2 N–H and O–H groups in total. The Labute approximate surface area is 135 Å². The number of hydrogen-bond donors (Lipinski definition) is 2. The number of aromatic nitrogens is 4. The second-order valence-corrected chi connectivity index (χ2v) is 5.91. The zero-order valence-corrected chi connectivity index (χ0v) is 13.6. The molecule has 1 amide bonds. The van der Waals surface area contributed by atoms with Gasteiger partial charge in [-0.1, -0.05) is 0 Å². The van der Waals surface area contributed by atoms with Gasteiger partial charge in [0, 0.05) is 37.4 Å². The molecule has 0 spiro atoms. The van der Waals surface area contributed by atoms with Crippen molar-refractivity contribution in [1.82, 2.24) is 25.3 Å². The first-order valence-electron chi connectivity index (χ1n) is 8.13. The van der Waals surface area contributed by atoms with Crippen molar-refractivity contribution in [1.29, 1.82) is 0 Å². The highest BCUT2D eigenvalue weighted by atomic mass is 16.5. The molecule has 124 valence electrons. The Hall–Kier alpha value is -2.15. The normalized spacial score (nSPS) is 17.1. The van der Waals surface area contributed by atoms with Crippen molar-refractivity contribution in [3.63, 3.8) is 0 Å². The summed E-state index contributed by atoms with van der Waals surface area (Å²) in [5.74, 6) is 0.210. The van der Waals surface area contributed by atoms with Crippen LogP contribution in [0.5, 0.6) is 0 Å². The second kappa shape index (κ2) is 6.95. The van der Waals surface area contributed by atoms with E-state index in [4.69, 9.17) is 4.74 Å². The quantitative estimate of drug-likeness (QED) is 0.883. The fraction of sp³-hybridized carbons (Fsp3) is 0.562. The second-order valence-electron chi connectivity index (χ2n) is 5.91. The van der Waals surface area contributed by atoms with Gasteiger partial charge in [-0.3, -0.25) is 14.6 Å². The van der Waals surface area contributed by atoms with Crippen LogP contribution < -0.4 is 5.32 Å². The monoisotopic (exact) mass is 317 g/mol. The molecule has 2 aromatic rings. The minimum atomic E-state index is -0.100. The smallest absolute Gasteiger partial charge is 0.255 e. The van der Waals surface area contributed by atoms with Crippen LogP contribution in [0.3, 0.4) is 0 Å². The third-order valence-corrected chi connectivity index (χ3v) is 4.37. The summed E-state index contributed by atoms with van der Waals surface area (Å²) >= 11 is 0. The van der Waals surface area contributed by atoms with Crippen LogP contribution in [0.2, 0.25) is 0 Å². The van der Waals surface area contributed by atoms with Crippen molar-refractivity contribution in [2.45, 2.75) is 45.2 Å². The lowest BCUT2D eigenvalue weighted by Gasteiger charge is -2.22. The number of nitrogens with zero attached hydrogens (tertiary/aromatic N) is 3. The van der Waals surface area contributed by atoms with E-state index < -0.39 is 0 Å². The first-order chi connectivity index (χ1) is 11.2. The first-order valence-corrected chi connectivity index (χ1v) is 8.13. The number of amides is 1. The lowest BCUT2D eigenvalue weighted by Crippen LogP contribution is -2.28. The Balaban J connectivity index is 1.69. The summed E-state index contributed by atoms with van der Waals surface area (Å²) in [6.45, 7) is 6.28. The summed E-state index contributed by atoms with van der Waals surface area (Å²) in [6.07, 6.45) is 7.20. The number of nitrogens with one attached hydrogen (secondary N) is 2. The number of H-pyrrole nitrogens is 1. The maximum Gasteiger partial charge on any atom is 0.255 e. The van der Waals surface area contributed by atoms with Crippen molar-refractivity contribution in [3.05, 3.63) is 35.4 Å². The Morgan fingerprint density at radius 2 is 2.26 bits per heavy atom. The average molecular weight is 317 g/mol. The maximum absolute atomic E-state index is 12.6. The predicted molar refractivity (Wildman–Crippen MR) is 85.2 cm³/mol. The number of ether oxygens (including phenoxy) is 1. The molecule has 23 heavy (non-hydrogen) atoms.